The van der Waals surface area contributed by atoms with Gasteiger partial charge in [0.1, 0.15) is 0 Å². The van der Waals surface area contributed by atoms with Crippen LogP contribution in [0.2, 0.25) is 0 Å². The Hall–Kier alpha value is 0.452. The average Bonchev–Trinajstić information content (AvgIpc) is 1.97. The molecule has 0 aliphatic heterocycles. The third-order valence-electron chi connectivity index (χ3n) is 1.28. The van der Waals surface area contributed by atoms with Crippen LogP contribution in [0.15, 0.2) is 0 Å². The largest absolute Gasteiger partial charge is 0.506 e. The first-order chi connectivity index (χ1) is 4.91. The van der Waals surface area contributed by atoms with E-state index in [1.807, 2.05) is 0 Å². The van der Waals surface area contributed by atoms with Crippen LogP contribution in [0, 0.1) is 0 Å². The van der Waals surface area contributed by atoms with E-state index >= 15 is 0 Å². The van der Waals surface area contributed by atoms with E-state index in [9.17, 15) is 0 Å². The van der Waals surface area contributed by atoms with Crippen molar-refractivity contribution in [2.75, 3.05) is 19.8 Å². The Bertz CT molecular complexity index is 51.6. The summed E-state index contributed by atoms with van der Waals surface area (Å²) in [5.41, 5.74) is 0. The molecule has 0 spiro atoms. The molecule has 0 N–H and O–H groups in total. The minimum atomic E-state index is 0.853. The number of hydrogen-bond donors (Lipinski definition) is 0. The van der Waals surface area contributed by atoms with Crippen LogP contribution in [0.3, 0.4) is 0 Å². The van der Waals surface area contributed by atoms with E-state index < -0.39 is 0 Å². The zero-order valence-corrected chi connectivity index (χ0v) is 9.06. The molecule has 0 heterocycles. The summed E-state index contributed by atoms with van der Waals surface area (Å²) in [5.74, 6) is 0. The van der Waals surface area contributed by atoms with Crippen molar-refractivity contribution < 1.29 is 8.53 Å². The zero-order chi connectivity index (χ0) is 7.66. The highest BCUT2D eigenvalue weighted by Crippen LogP contribution is 1.89. The second-order valence-corrected chi connectivity index (χ2v) is 2.89. The van der Waals surface area contributed by atoms with Gasteiger partial charge in [0.15, 0.2) is 0 Å². The lowest BCUT2D eigenvalue weighted by Crippen LogP contribution is -2.00. The van der Waals surface area contributed by atoms with Crippen LogP contribution in [0.5, 0.6) is 0 Å². The number of hydrogen-bond acceptors (Lipinski definition) is 2. The van der Waals surface area contributed by atoms with Crippen LogP contribution in [0.4, 0.5) is 0 Å². The molecule has 0 amide bonds. The van der Waals surface area contributed by atoms with Crippen LogP contribution in [0.25, 0.3) is 0 Å². The standard InChI is InChI=1S/C7H15O2.Al.2H/c1-2-3-6-9-7-4-5-8;;;/h2-7H2,1H3;;;/q-1;+1;;. The molecule has 0 aliphatic carbocycles. The van der Waals surface area contributed by atoms with E-state index in [0.29, 0.717) is 0 Å². The average molecular weight is 160 g/mol. The summed E-state index contributed by atoms with van der Waals surface area (Å²) in [6.07, 6.45) is 3.45. The van der Waals surface area contributed by atoms with Crippen molar-refractivity contribution in [2.45, 2.75) is 26.2 Å². The van der Waals surface area contributed by atoms with E-state index in [1.165, 1.54) is 12.8 Å². The number of ether oxygens (including phenoxy) is 1. The predicted octanol–water partition coefficient (Wildman–Crippen LogP) is 0.758. The molecular weight excluding hydrogens is 143 g/mol. The molecule has 0 aromatic heterocycles. The highest BCUT2D eigenvalue weighted by Gasteiger charge is 1.86. The summed E-state index contributed by atoms with van der Waals surface area (Å²) in [4.78, 5) is 0. The van der Waals surface area contributed by atoms with Crippen molar-refractivity contribution in [3.8, 4) is 0 Å². The Labute approximate surface area is 71.7 Å². The van der Waals surface area contributed by atoms with Gasteiger partial charge in [0.25, 0.3) is 0 Å². The van der Waals surface area contributed by atoms with Crippen molar-refractivity contribution in [2.24, 2.45) is 0 Å². The smallest absolute Gasteiger partial charge is 0.410 e. The second kappa shape index (κ2) is 9.45. The van der Waals surface area contributed by atoms with E-state index in [4.69, 9.17) is 8.53 Å². The van der Waals surface area contributed by atoms with E-state index in [-0.39, 0.29) is 0 Å². The summed E-state index contributed by atoms with van der Waals surface area (Å²) in [6, 6.07) is 0. The lowest BCUT2D eigenvalue weighted by molar-refractivity contribution is 0.118. The Morgan fingerprint density at radius 1 is 1.10 bits per heavy atom. The molecule has 0 rings (SSSR count). The molecule has 0 bridgehead atoms. The van der Waals surface area contributed by atoms with Gasteiger partial charge in [0.2, 0.25) is 0 Å². The van der Waals surface area contributed by atoms with Gasteiger partial charge in [-0.25, -0.2) is 0 Å². The monoisotopic (exact) mass is 160 g/mol. The van der Waals surface area contributed by atoms with Crippen molar-refractivity contribution in [3.63, 3.8) is 0 Å². The first-order valence-corrected chi connectivity index (χ1v) is 4.80. The topological polar surface area (TPSA) is 18.5 Å². The number of unbranched alkanes of at least 4 members (excludes halogenated alkanes) is 1. The van der Waals surface area contributed by atoms with Crippen molar-refractivity contribution >= 4 is 16.6 Å². The SMILES string of the molecule is CCCCOCCC[O][AlH2]. The minimum absolute atomic E-state index is 0.853. The van der Waals surface area contributed by atoms with Gasteiger partial charge in [-0.15, -0.1) is 0 Å². The Kier molecular flexibility index (Phi) is 9.88. The predicted molar refractivity (Wildman–Crippen MR) is 44.8 cm³/mol. The molecular formula is C7H17AlO2. The maximum Gasteiger partial charge on any atom is 0.410 e. The Morgan fingerprint density at radius 2 is 1.80 bits per heavy atom. The fourth-order valence-corrected chi connectivity index (χ4v) is 0.942. The van der Waals surface area contributed by atoms with Gasteiger partial charge in [0.05, 0.1) is 0 Å². The Morgan fingerprint density at radius 3 is 2.40 bits per heavy atom. The lowest BCUT2D eigenvalue weighted by Gasteiger charge is -2.01. The van der Waals surface area contributed by atoms with Crippen LogP contribution < -0.4 is 0 Å². The van der Waals surface area contributed by atoms with Crippen LogP contribution in [-0.2, 0) is 8.53 Å². The summed E-state index contributed by atoms with van der Waals surface area (Å²) in [7, 11) is 0. The molecule has 0 radical (unpaired) electrons. The van der Waals surface area contributed by atoms with Gasteiger partial charge in [-0.2, -0.15) is 0 Å². The van der Waals surface area contributed by atoms with E-state index in [0.717, 1.165) is 42.9 Å². The van der Waals surface area contributed by atoms with E-state index in [2.05, 4.69) is 6.92 Å². The molecule has 0 aromatic rings. The molecule has 3 heteroatoms. The summed E-state index contributed by atoms with van der Waals surface area (Å²) < 4.78 is 10.3. The minimum Gasteiger partial charge on any atom is -0.506 e. The molecule has 2 nitrogen and oxygen atoms in total. The van der Waals surface area contributed by atoms with Crippen LogP contribution >= 0.6 is 0 Å². The van der Waals surface area contributed by atoms with Crippen molar-refractivity contribution in [1.29, 1.82) is 0 Å². The highest BCUT2D eigenvalue weighted by atomic mass is 27.1. The highest BCUT2D eigenvalue weighted by molar-refractivity contribution is 5.97. The van der Waals surface area contributed by atoms with Crippen LogP contribution in [0.1, 0.15) is 26.2 Å². The van der Waals surface area contributed by atoms with Gasteiger partial charge < -0.3 is 8.53 Å². The molecule has 0 fully saturated rings. The normalized spacial score (nSPS) is 10.1. The molecule has 0 saturated heterocycles. The first kappa shape index (κ1) is 10.5. The summed E-state index contributed by atoms with van der Waals surface area (Å²) >= 11 is 0.853. The lowest BCUT2D eigenvalue weighted by atomic mass is 10.4. The van der Waals surface area contributed by atoms with Crippen molar-refractivity contribution in [1.82, 2.24) is 0 Å². The molecule has 0 aromatic carbocycles. The van der Waals surface area contributed by atoms with Gasteiger partial charge in [-0.3, -0.25) is 0 Å². The molecule has 60 valence electrons. The zero-order valence-electron chi connectivity index (χ0n) is 7.06. The molecule has 0 saturated carbocycles. The summed E-state index contributed by atoms with van der Waals surface area (Å²) in [6.45, 7) is 4.82. The molecule has 0 aliphatic rings. The quantitative estimate of drug-likeness (QED) is 0.404. The fraction of sp³-hybridized carbons (Fsp3) is 1.00. The summed E-state index contributed by atoms with van der Waals surface area (Å²) in [5, 5.41) is 0. The van der Waals surface area contributed by atoms with Gasteiger partial charge in [-0.1, -0.05) is 13.3 Å². The van der Waals surface area contributed by atoms with Gasteiger partial charge in [0, 0.05) is 19.8 Å². The maximum absolute atomic E-state index is 5.31. The first-order valence-electron chi connectivity index (χ1n) is 3.98. The molecule has 0 atom stereocenters. The maximum atomic E-state index is 5.31. The van der Waals surface area contributed by atoms with Crippen LogP contribution in [-0.4, -0.2) is 36.4 Å². The van der Waals surface area contributed by atoms with Gasteiger partial charge in [-0.05, 0) is 12.8 Å². The van der Waals surface area contributed by atoms with Crippen molar-refractivity contribution in [3.05, 3.63) is 0 Å². The fourth-order valence-electron chi connectivity index (χ4n) is 0.654. The van der Waals surface area contributed by atoms with Gasteiger partial charge >= 0.3 is 16.6 Å². The van der Waals surface area contributed by atoms with E-state index in [1.54, 1.807) is 0 Å². The Balaban J connectivity index is 2.65. The second-order valence-electron chi connectivity index (χ2n) is 2.31. The molecule has 10 heavy (non-hydrogen) atoms. The third-order valence-corrected chi connectivity index (χ3v) is 1.69. The molecule has 0 unspecified atom stereocenters. The third kappa shape index (κ3) is 8.45. The number of rotatable bonds is 7.